The van der Waals surface area contributed by atoms with Crippen molar-refractivity contribution < 1.29 is 14.2 Å². The Hall–Kier alpha value is -3.02. The third kappa shape index (κ3) is 4.05. The van der Waals surface area contributed by atoms with E-state index in [2.05, 4.69) is 23.8 Å². The van der Waals surface area contributed by atoms with Crippen LogP contribution in [0, 0.1) is 12.8 Å². The summed E-state index contributed by atoms with van der Waals surface area (Å²) in [5.41, 5.74) is 2.06. The molecule has 2 aromatic carbocycles. The van der Waals surface area contributed by atoms with Gasteiger partial charge in [0.1, 0.15) is 28.5 Å². The number of aromatic amines is 1. The quantitative estimate of drug-likeness (QED) is 0.713. The van der Waals surface area contributed by atoms with Crippen LogP contribution >= 0.6 is 0 Å². The number of hydrogen-bond acceptors (Lipinski definition) is 5. The van der Waals surface area contributed by atoms with Gasteiger partial charge in [-0.15, -0.1) is 0 Å². The van der Waals surface area contributed by atoms with Crippen molar-refractivity contribution in [3.8, 4) is 28.6 Å². The molecule has 6 nitrogen and oxygen atoms in total. The van der Waals surface area contributed by atoms with Gasteiger partial charge in [0.05, 0.1) is 26.3 Å². The van der Waals surface area contributed by atoms with E-state index >= 15 is 0 Å². The molecule has 0 aliphatic carbocycles. The maximum absolute atomic E-state index is 12.7. The van der Waals surface area contributed by atoms with Crippen LogP contribution in [0.3, 0.4) is 0 Å². The first kappa shape index (κ1) is 18.8. The minimum Gasteiger partial charge on any atom is -0.497 e. The number of methoxy groups -OCH3 is 2. The third-order valence-electron chi connectivity index (χ3n) is 4.11. The summed E-state index contributed by atoms with van der Waals surface area (Å²) in [7, 11) is 3.08. The van der Waals surface area contributed by atoms with Crippen molar-refractivity contribution in [2.24, 2.45) is 5.92 Å². The van der Waals surface area contributed by atoms with Crippen molar-refractivity contribution in [1.82, 2.24) is 9.97 Å². The van der Waals surface area contributed by atoms with Crippen LogP contribution in [0.4, 0.5) is 0 Å². The van der Waals surface area contributed by atoms with Crippen LogP contribution in [0.2, 0.25) is 0 Å². The number of nitrogens with zero attached hydrogens (tertiary/aromatic N) is 1. The molecule has 3 aromatic rings. The molecule has 0 aliphatic heterocycles. The molecule has 27 heavy (non-hydrogen) atoms. The lowest BCUT2D eigenvalue weighted by Crippen LogP contribution is -2.11. The lowest BCUT2D eigenvalue weighted by Gasteiger charge is -2.12. The van der Waals surface area contributed by atoms with E-state index in [-0.39, 0.29) is 5.56 Å². The van der Waals surface area contributed by atoms with Crippen molar-refractivity contribution in [1.29, 1.82) is 0 Å². The SMILES string of the molecule is COc1cc(OC)c2c(=O)[nH]c(-c3cc(C)cc(OCC(C)C)c3)nc2c1. The summed E-state index contributed by atoms with van der Waals surface area (Å²) in [5.74, 6) is 2.65. The van der Waals surface area contributed by atoms with Gasteiger partial charge in [0, 0.05) is 17.7 Å². The Balaban J connectivity index is 2.13. The molecule has 0 unspecified atom stereocenters. The summed E-state index contributed by atoms with van der Waals surface area (Å²) >= 11 is 0. The lowest BCUT2D eigenvalue weighted by molar-refractivity contribution is 0.271. The number of fused-ring (bicyclic) bond motifs is 1. The van der Waals surface area contributed by atoms with E-state index in [1.165, 1.54) is 7.11 Å². The second-order valence-electron chi connectivity index (χ2n) is 6.88. The maximum atomic E-state index is 12.7. The number of nitrogens with one attached hydrogen (secondary N) is 1. The van der Waals surface area contributed by atoms with Crippen LogP contribution < -0.4 is 19.8 Å². The summed E-state index contributed by atoms with van der Waals surface area (Å²) in [6.07, 6.45) is 0. The zero-order valence-electron chi connectivity index (χ0n) is 16.3. The highest BCUT2D eigenvalue weighted by Crippen LogP contribution is 2.30. The first-order valence-corrected chi connectivity index (χ1v) is 8.82. The normalized spacial score (nSPS) is 11.0. The molecule has 0 amide bonds. The van der Waals surface area contributed by atoms with Crippen LogP contribution in [0.25, 0.3) is 22.3 Å². The largest absolute Gasteiger partial charge is 0.497 e. The molecular formula is C21H24N2O4. The fourth-order valence-corrected chi connectivity index (χ4v) is 2.86. The molecule has 0 atom stereocenters. The molecule has 0 saturated carbocycles. The number of rotatable bonds is 6. The zero-order valence-corrected chi connectivity index (χ0v) is 16.3. The average Bonchev–Trinajstić information content (AvgIpc) is 2.64. The number of ether oxygens (including phenoxy) is 3. The van der Waals surface area contributed by atoms with Crippen LogP contribution in [0.1, 0.15) is 19.4 Å². The molecule has 142 valence electrons. The molecular weight excluding hydrogens is 344 g/mol. The summed E-state index contributed by atoms with van der Waals surface area (Å²) in [5, 5.41) is 0.394. The Kier molecular flexibility index (Phi) is 5.35. The van der Waals surface area contributed by atoms with E-state index in [0.29, 0.717) is 40.8 Å². The fraction of sp³-hybridized carbons (Fsp3) is 0.333. The minimum absolute atomic E-state index is 0.263. The van der Waals surface area contributed by atoms with E-state index in [1.807, 2.05) is 25.1 Å². The molecule has 1 N–H and O–H groups in total. The number of H-pyrrole nitrogens is 1. The maximum Gasteiger partial charge on any atom is 0.262 e. The summed E-state index contributed by atoms with van der Waals surface area (Å²) in [4.78, 5) is 20.2. The Bertz CT molecular complexity index is 1020. The Labute approximate surface area is 158 Å². The number of aromatic nitrogens is 2. The van der Waals surface area contributed by atoms with E-state index in [9.17, 15) is 4.79 Å². The summed E-state index contributed by atoms with van der Waals surface area (Å²) in [6.45, 7) is 6.80. The molecule has 1 aromatic heterocycles. The Morgan fingerprint density at radius 1 is 1.04 bits per heavy atom. The highest BCUT2D eigenvalue weighted by molar-refractivity contribution is 5.87. The zero-order chi connectivity index (χ0) is 19.6. The Morgan fingerprint density at radius 3 is 2.48 bits per heavy atom. The van der Waals surface area contributed by atoms with Gasteiger partial charge in [0.15, 0.2) is 0 Å². The first-order valence-electron chi connectivity index (χ1n) is 8.82. The first-order chi connectivity index (χ1) is 12.9. The van der Waals surface area contributed by atoms with Crippen LogP contribution in [0.5, 0.6) is 17.2 Å². The van der Waals surface area contributed by atoms with Gasteiger partial charge in [0.2, 0.25) is 0 Å². The van der Waals surface area contributed by atoms with Gasteiger partial charge >= 0.3 is 0 Å². The third-order valence-corrected chi connectivity index (χ3v) is 4.11. The van der Waals surface area contributed by atoms with E-state index in [0.717, 1.165) is 16.9 Å². The predicted molar refractivity (Wildman–Crippen MR) is 106 cm³/mol. The van der Waals surface area contributed by atoms with Gasteiger partial charge in [-0.25, -0.2) is 4.98 Å². The van der Waals surface area contributed by atoms with Gasteiger partial charge in [-0.1, -0.05) is 13.8 Å². The topological polar surface area (TPSA) is 73.4 Å². The van der Waals surface area contributed by atoms with Crippen molar-refractivity contribution >= 4 is 10.9 Å². The molecule has 6 heteroatoms. The smallest absolute Gasteiger partial charge is 0.262 e. The van der Waals surface area contributed by atoms with Crippen LogP contribution in [-0.4, -0.2) is 30.8 Å². The van der Waals surface area contributed by atoms with Crippen molar-refractivity contribution in [3.05, 3.63) is 46.2 Å². The van der Waals surface area contributed by atoms with Gasteiger partial charge in [-0.2, -0.15) is 0 Å². The minimum atomic E-state index is -0.263. The van der Waals surface area contributed by atoms with Crippen molar-refractivity contribution in [2.75, 3.05) is 20.8 Å². The summed E-state index contributed by atoms with van der Waals surface area (Å²) in [6, 6.07) is 9.21. The average molecular weight is 368 g/mol. The van der Waals surface area contributed by atoms with E-state index < -0.39 is 0 Å². The standard InChI is InChI=1S/C21H24N2O4/c1-12(2)11-27-16-7-13(3)6-14(8-16)20-22-17-9-15(25-4)10-18(26-5)19(17)21(24)23-20/h6-10,12H,11H2,1-5H3,(H,22,23,24). The van der Waals surface area contributed by atoms with Crippen molar-refractivity contribution in [2.45, 2.75) is 20.8 Å². The van der Waals surface area contributed by atoms with Gasteiger partial charge < -0.3 is 19.2 Å². The molecule has 0 bridgehead atoms. The van der Waals surface area contributed by atoms with Gasteiger partial charge in [-0.05, 0) is 36.6 Å². The number of benzene rings is 2. The Morgan fingerprint density at radius 2 is 1.81 bits per heavy atom. The van der Waals surface area contributed by atoms with Crippen LogP contribution in [-0.2, 0) is 0 Å². The molecule has 0 fully saturated rings. The number of hydrogen-bond donors (Lipinski definition) is 1. The monoisotopic (exact) mass is 368 g/mol. The van der Waals surface area contributed by atoms with E-state index in [1.54, 1.807) is 19.2 Å². The fourth-order valence-electron chi connectivity index (χ4n) is 2.86. The highest BCUT2D eigenvalue weighted by Gasteiger charge is 2.14. The molecule has 0 spiro atoms. The molecule has 1 heterocycles. The van der Waals surface area contributed by atoms with Crippen molar-refractivity contribution in [3.63, 3.8) is 0 Å². The van der Waals surface area contributed by atoms with Gasteiger partial charge in [0.25, 0.3) is 5.56 Å². The summed E-state index contributed by atoms with van der Waals surface area (Å²) < 4.78 is 16.5. The second kappa shape index (κ2) is 7.70. The molecule has 3 rings (SSSR count). The molecule has 0 saturated heterocycles. The van der Waals surface area contributed by atoms with Gasteiger partial charge in [-0.3, -0.25) is 4.79 Å². The van der Waals surface area contributed by atoms with E-state index in [4.69, 9.17) is 14.2 Å². The second-order valence-corrected chi connectivity index (χ2v) is 6.88. The molecule has 0 radical (unpaired) electrons. The number of aryl methyl sites for hydroxylation is 1. The predicted octanol–water partition coefficient (Wildman–Crippen LogP) is 3.95. The lowest BCUT2D eigenvalue weighted by atomic mass is 10.1. The molecule has 0 aliphatic rings. The highest BCUT2D eigenvalue weighted by atomic mass is 16.5. The van der Waals surface area contributed by atoms with Crippen LogP contribution in [0.15, 0.2) is 35.1 Å².